The molecule has 2 aromatic rings. The molecule has 9 heteroatoms. The number of nitrogens with one attached hydrogen (secondary N) is 1. The van der Waals surface area contributed by atoms with Crippen LogP contribution in [0.25, 0.3) is 0 Å². The lowest BCUT2D eigenvalue weighted by Gasteiger charge is -2.37. The first-order chi connectivity index (χ1) is 13.0. The van der Waals surface area contributed by atoms with Crippen molar-refractivity contribution in [3.8, 4) is 0 Å². The summed E-state index contributed by atoms with van der Waals surface area (Å²) in [5.74, 6) is 1.64. The molecule has 1 aliphatic heterocycles. The van der Waals surface area contributed by atoms with E-state index in [0.717, 1.165) is 38.1 Å². The van der Waals surface area contributed by atoms with Gasteiger partial charge in [0.15, 0.2) is 5.96 Å². The number of guanidine groups is 1. The summed E-state index contributed by atoms with van der Waals surface area (Å²) in [7, 11) is 1.68. The van der Waals surface area contributed by atoms with Crippen LogP contribution >= 0.6 is 24.0 Å². The van der Waals surface area contributed by atoms with Crippen LogP contribution in [0.4, 0.5) is 19.0 Å². The van der Waals surface area contributed by atoms with E-state index in [2.05, 4.69) is 25.1 Å². The van der Waals surface area contributed by atoms with Crippen LogP contribution in [0.15, 0.2) is 53.7 Å². The summed E-state index contributed by atoms with van der Waals surface area (Å²) in [6, 6.07) is 11.2. The summed E-state index contributed by atoms with van der Waals surface area (Å²) in [5, 5.41) is 3.16. The highest BCUT2D eigenvalue weighted by molar-refractivity contribution is 14.0. The highest BCUT2D eigenvalue weighted by Crippen LogP contribution is 2.29. The molecular formula is C19H23F3IN5. The third-order valence-corrected chi connectivity index (χ3v) is 4.47. The topological polar surface area (TPSA) is 43.8 Å². The number of pyridine rings is 1. The van der Waals surface area contributed by atoms with Crippen molar-refractivity contribution < 1.29 is 13.2 Å². The Morgan fingerprint density at radius 2 is 1.86 bits per heavy atom. The molecule has 1 N–H and O–H groups in total. The largest absolute Gasteiger partial charge is 0.416 e. The fourth-order valence-electron chi connectivity index (χ4n) is 3.06. The van der Waals surface area contributed by atoms with Gasteiger partial charge in [0.2, 0.25) is 0 Å². The molecule has 0 radical (unpaired) electrons. The zero-order valence-corrected chi connectivity index (χ0v) is 17.8. The number of aromatic nitrogens is 1. The van der Waals surface area contributed by atoms with Crippen molar-refractivity contribution in [1.82, 2.24) is 15.2 Å². The van der Waals surface area contributed by atoms with Crippen LogP contribution in [0.2, 0.25) is 0 Å². The Bertz CT molecular complexity index is 775. The van der Waals surface area contributed by atoms with E-state index in [1.54, 1.807) is 19.3 Å². The van der Waals surface area contributed by atoms with Crippen molar-refractivity contribution >= 4 is 35.8 Å². The molecule has 1 fully saturated rings. The Balaban J connectivity index is 0.00000280. The molecular weight excluding hydrogens is 482 g/mol. The van der Waals surface area contributed by atoms with Crippen LogP contribution in [-0.4, -0.2) is 49.1 Å². The summed E-state index contributed by atoms with van der Waals surface area (Å²) >= 11 is 0. The summed E-state index contributed by atoms with van der Waals surface area (Å²) in [5.41, 5.74) is -0.0705. The van der Waals surface area contributed by atoms with Crippen LogP contribution in [0.3, 0.4) is 0 Å². The first kappa shape index (κ1) is 22.3. The van der Waals surface area contributed by atoms with Gasteiger partial charge in [0.25, 0.3) is 0 Å². The van der Waals surface area contributed by atoms with Gasteiger partial charge in [-0.05, 0) is 29.8 Å². The van der Waals surface area contributed by atoms with Gasteiger partial charge in [-0.1, -0.05) is 18.2 Å². The van der Waals surface area contributed by atoms with Gasteiger partial charge in [-0.15, -0.1) is 24.0 Å². The molecule has 0 saturated carbocycles. The van der Waals surface area contributed by atoms with Crippen LogP contribution in [0.5, 0.6) is 0 Å². The predicted molar refractivity (Wildman–Crippen MR) is 115 cm³/mol. The Morgan fingerprint density at radius 1 is 1.11 bits per heavy atom. The van der Waals surface area contributed by atoms with E-state index >= 15 is 0 Å². The average Bonchev–Trinajstić information content (AvgIpc) is 2.69. The van der Waals surface area contributed by atoms with Gasteiger partial charge in [0.1, 0.15) is 5.82 Å². The van der Waals surface area contributed by atoms with Crippen LogP contribution in [0, 0.1) is 0 Å². The molecule has 0 unspecified atom stereocenters. The molecule has 3 rings (SSSR count). The molecule has 28 heavy (non-hydrogen) atoms. The van der Waals surface area contributed by atoms with E-state index in [1.165, 1.54) is 12.1 Å². The normalized spacial score (nSPS) is 15.2. The minimum absolute atomic E-state index is 0. The Labute approximate surface area is 179 Å². The Kier molecular flexibility index (Phi) is 7.90. The van der Waals surface area contributed by atoms with Gasteiger partial charge in [0.05, 0.1) is 5.56 Å². The van der Waals surface area contributed by atoms with Gasteiger partial charge < -0.3 is 15.1 Å². The number of benzene rings is 1. The number of hydrogen-bond donors (Lipinski definition) is 1. The number of aliphatic imine (C=N–C) groups is 1. The SMILES string of the molecule is CN=C(NCc1cccc(C(F)(F)F)c1)N1CCN(c2ccccn2)CC1.I. The lowest BCUT2D eigenvalue weighted by Crippen LogP contribution is -2.52. The number of rotatable bonds is 3. The van der Waals surface area contributed by atoms with Gasteiger partial charge in [0, 0.05) is 46.0 Å². The van der Waals surface area contributed by atoms with Gasteiger partial charge in [-0.2, -0.15) is 13.2 Å². The minimum atomic E-state index is -4.33. The second-order valence-corrected chi connectivity index (χ2v) is 6.26. The lowest BCUT2D eigenvalue weighted by atomic mass is 10.1. The van der Waals surface area contributed by atoms with E-state index in [-0.39, 0.29) is 30.5 Å². The van der Waals surface area contributed by atoms with Crippen LogP contribution in [-0.2, 0) is 12.7 Å². The highest BCUT2D eigenvalue weighted by Gasteiger charge is 2.30. The fourth-order valence-corrected chi connectivity index (χ4v) is 3.06. The third kappa shape index (κ3) is 5.73. The summed E-state index contributed by atoms with van der Waals surface area (Å²) < 4.78 is 38.5. The van der Waals surface area contributed by atoms with Crippen molar-refractivity contribution in [3.63, 3.8) is 0 Å². The maximum Gasteiger partial charge on any atom is 0.416 e. The summed E-state index contributed by atoms with van der Waals surface area (Å²) in [6.45, 7) is 3.43. The second-order valence-electron chi connectivity index (χ2n) is 6.26. The molecule has 0 amide bonds. The highest BCUT2D eigenvalue weighted by atomic mass is 127. The quantitative estimate of drug-likeness (QED) is 0.394. The maximum atomic E-state index is 12.8. The molecule has 0 aliphatic carbocycles. The molecule has 0 atom stereocenters. The molecule has 1 aliphatic rings. The molecule has 1 aromatic heterocycles. The van der Waals surface area contributed by atoms with Crippen molar-refractivity contribution in [1.29, 1.82) is 0 Å². The monoisotopic (exact) mass is 505 g/mol. The van der Waals surface area contributed by atoms with Crippen LogP contribution < -0.4 is 10.2 Å². The predicted octanol–water partition coefficient (Wildman–Crippen LogP) is 3.62. The minimum Gasteiger partial charge on any atom is -0.353 e. The molecule has 152 valence electrons. The van der Waals surface area contributed by atoms with Crippen molar-refractivity contribution in [3.05, 3.63) is 59.8 Å². The number of anilines is 1. The van der Waals surface area contributed by atoms with Crippen molar-refractivity contribution in [2.24, 2.45) is 4.99 Å². The molecule has 2 heterocycles. The lowest BCUT2D eigenvalue weighted by molar-refractivity contribution is -0.137. The fraction of sp³-hybridized carbons (Fsp3) is 0.368. The number of hydrogen-bond acceptors (Lipinski definition) is 3. The number of piperazine rings is 1. The molecule has 5 nitrogen and oxygen atoms in total. The van der Waals surface area contributed by atoms with Crippen molar-refractivity contribution in [2.45, 2.75) is 12.7 Å². The van der Waals surface area contributed by atoms with E-state index in [9.17, 15) is 13.2 Å². The number of halogens is 4. The summed E-state index contributed by atoms with van der Waals surface area (Å²) in [4.78, 5) is 12.9. The first-order valence-corrected chi connectivity index (χ1v) is 8.75. The number of alkyl halides is 3. The smallest absolute Gasteiger partial charge is 0.353 e. The first-order valence-electron chi connectivity index (χ1n) is 8.75. The standard InChI is InChI=1S/C19H22F3N5.HI/c1-23-18(25-14-15-5-4-6-16(13-15)19(20,21)22)27-11-9-26(10-12-27)17-7-2-3-8-24-17;/h2-8,13H,9-12,14H2,1H3,(H,23,25);1H. The second kappa shape index (κ2) is 9.94. The summed E-state index contributed by atoms with van der Waals surface area (Å²) in [6.07, 6.45) is -2.56. The Hall–Kier alpha value is -2.04. The maximum absolute atomic E-state index is 12.8. The average molecular weight is 505 g/mol. The van der Waals surface area contributed by atoms with E-state index in [0.29, 0.717) is 11.5 Å². The third-order valence-electron chi connectivity index (χ3n) is 4.47. The van der Waals surface area contributed by atoms with E-state index in [4.69, 9.17) is 0 Å². The van der Waals surface area contributed by atoms with E-state index < -0.39 is 11.7 Å². The van der Waals surface area contributed by atoms with Gasteiger partial charge in [-0.25, -0.2) is 4.98 Å². The molecule has 0 spiro atoms. The number of nitrogens with zero attached hydrogens (tertiary/aromatic N) is 4. The van der Waals surface area contributed by atoms with Crippen LogP contribution in [0.1, 0.15) is 11.1 Å². The van der Waals surface area contributed by atoms with Crippen molar-refractivity contribution in [2.75, 3.05) is 38.1 Å². The van der Waals surface area contributed by atoms with Gasteiger partial charge >= 0.3 is 6.18 Å². The Morgan fingerprint density at radius 3 is 2.46 bits per heavy atom. The molecule has 1 aromatic carbocycles. The molecule has 1 saturated heterocycles. The van der Waals surface area contributed by atoms with Gasteiger partial charge in [-0.3, -0.25) is 4.99 Å². The molecule has 0 bridgehead atoms. The van der Waals surface area contributed by atoms with E-state index in [1.807, 2.05) is 18.2 Å². The zero-order valence-electron chi connectivity index (χ0n) is 15.5. The zero-order chi connectivity index (χ0) is 19.3.